The number of phenols is 1. The minimum atomic E-state index is -0.0171. The maximum atomic E-state index is 10.8. The van der Waals surface area contributed by atoms with Crippen molar-refractivity contribution < 1.29 is 9.84 Å². The number of rotatable bonds is 5. The Balaban J connectivity index is 2.12. The lowest BCUT2D eigenvalue weighted by atomic mass is 9.96. The summed E-state index contributed by atoms with van der Waals surface area (Å²) in [6.07, 6.45) is 1.91. The number of ether oxygens (including phenoxy) is 1. The molecule has 140 valence electrons. The molecule has 7 heteroatoms. The van der Waals surface area contributed by atoms with Crippen LogP contribution in [-0.2, 0) is 6.42 Å². The Morgan fingerprint density at radius 3 is 2.56 bits per heavy atom. The molecular formula is C20H23N5O2. The summed E-state index contributed by atoms with van der Waals surface area (Å²) < 4.78 is 5.80. The van der Waals surface area contributed by atoms with E-state index in [2.05, 4.69) is 9.97 Å². The molecule has 0 saturated heterocycles. The summed E-state index contributed by atoms with van der Waals surface area (Å²) in [5.74, 6) is 0.926. The molecule has 0 aliphatic rings. The molecule has 0 saturated carbocycles. The molecule has 0 aliphatic carbocycles. The van der Waals surface area contributed by atoms with Crippen molar-refractivity contribution in [2.75, 3.05) is 23.8 Å². The van der Waals surface area contributed by atoms with Gasteiger partial charge in [-0.1, -0.05) is 29.8 Å². The van der Waals surface area contributed by atoms with Gasteiger partial charge in [-0.15, -0.1) is 0 Å². The quantitative estimate of drug-likeness (QED) is 0.403. The Morgan fingerprint density at radius 1 is 1.11 bits per heavy atom. The van der Waals surface area contributed by atoms with Crippen LogP contribution in [0.1, 0.15) is 23.6 Å². The normalized spacial score (nSPS) is 10.7. The number of nitrogen functional groups attached to an aromatic ring is 3. The van der Waals surface area contributed by atoms with Crippen LogP contribution in [0.3, 0.4) is 0 Å². The van der Waals surface area contributed by atoms with Gasteiger partial charge in [0.15, 0.2) is 0 Å². The molecule has 3 rings (SSSR count). The summed E-state index contributed by atoms with van der Waals surface area (Å²) in [6, 6.07) is 9.63. The molecule has 2 aromatic carbocycles. The number of nitrogens with zero attached hydrogens (tertiary/aromatic N) is 2. The van der Waals surface area contributed by atoms with Gasteiger partial charge < -0.3 is 27.0 Å². The molecule has 0 atom stereocenters. The van der Waals surface area contributed by atoms with Crippen LogP contribution in [-0.4, -0.2) is 21.7 Å². The zero-order valence-corrected chi connectivity index (χ0v) is 15.4. The van der Waals surface area contributed by atoms with E-state index >= 15 is 0 Å². The maximum absolute atomic E-state index is 10.8. The third-order valence-electron chi connectivity index (χ3n) is 4.29. The van der Waals surface area contributed by atoms with Gasteiger partial charge in [0, 0.05) is 18.2 Å². The molecule has 7 N–H and O–H groups in total. The van der Waals surface area contributed by atoms with Crippen molar-refractivity contribution in [3.05, 3.63) is 53.2 Å². The van der Waals surface area contributed by atoms with Gasteiger partial charge in [-0.25, -0.2) is 4.98 Å². The van der Waals surface area contributed by atoms with Crippen LogP contribution < -0.4 is 21.9 Å². The summed E-state index contributed by atoms with van der Waals surface area (Å²) >= 11 is 0. The SMILES string of the molecule is CCOc1cc(Cc2cnc(N)nc2N)c(N)c(O)c1-c1cccc(C)c1. The van der Waals surface area contributed by atoms with Crippen molar-refractivity contribution in [3.63, 3.8) is 0 Å². The minimum absolute atomic E-state index is 0.0171. The molecule has 7 nitrogen and oxygen atoms in total. The molecule has 3 aromatic rings. The Hall–Kier alpha value is -3.48. The number of aromatic nitrogens is 2. The number of nitrogens with two attached hydrogens (primary N) is 3. The first kappa shape index (κ1) is 18.3. The van der Waals surface area contributed by atoms with E-state index in [-0.39, 0.29) is 23.2 Å². The maximum Gasteiger partial charge on any atom is 0.221 e. The Bertz CT molecular complexity index is 988. The van der Waals surface area contributed by atoms with Gasteiger partial charge in [0.2, 0.25) is 5.95 Å². The summed E-state index contributed by atoms with van der Waals surface area (Å²) in [6.45, 7) is 4.33. The van der Waals surface area contributed by atoms with E-state index in [1.165, 1.54) is 0 Å². The van der Waals surface area contributed by atoms with E-state index in [1.54, 1.807) is 6.20 Å². The highest BCUT2D eigenvalue weighted by atomic mass is 16.5. The van der Waals surface area contributed by atoms with Crippen molar-refractivity contribution >= 4 is 17.5 Å². The highest BCUT2D eigenvalue weighted by Crippen LogP contribution is 2.44. The van der Waals surface area contributed by atoms with Crippen molar-refractivity contribution in [2.45, 2.75) is 20.3 Å². The first-order chi connectivity index (χ1) is 12.9. The average molecular weight is 365 g/mol. The summed E-state index contributed by atoms with van der Waals surface area (Å²) in [7, 11) is 0. The van der Waals surface area contributed by atoms with Gasteiger partial charge >= 0.3 is 0 Å². The molecular weight excluding hydrogens is 342 g/mol. The van der Waals surface area contributed by atoms with E-state index in [1.807, 2.05) is 44.2 Å². The molecule has 27 heavy (non-hydrogen) atoms. The minimum Gasteiger partial charge on any atom is -0.505 e. The molecule has 0 bridgehead atoms. The second-order valence-electron chi connectivity index (χ2n) is 6.29. The van der Waals surface area contributed by atoms with Gasteiger partial charge in [0.25, 0.3) is 0 Å². The van der Waals surface area contributed by atoms with Gasteiger partial charge in [-0.2, -0.15) is 4.98 Å². The fourth-order valence-corrected chi connectivity index (χ4v) is 2.98. The molecule has 0 amide bonds. The van der Waals surface area contributed by atoms with Crippen LogP contribution in [0, 0.1) is 6.92 Å². The summed E-state index contributed by atoms with van der Waals surface area (Å²) in [5.41, 5.74) is 21.8. The number of aromatic hydroxyl groups is 1. The Labute approximate surface area is 157 Å². The highest BCUT2D eigenvalue weighted by molar-refractivity contribution is 5.84. The zero-order chi connectivity index (χ0) is 19.6. The molecule has 0 fully saturated rings. The number of hydrogen-bond acceptors (Lipinski definition) is 7. The van der Waals surface area contributed by atoms with Crippen molar-refractivity contribution in [1.29, 1.82) is 0 Å². The molecule has 0 unspecified atom stereocenters. The van der Waals surface area contributed by atoms with Gasteiger partial charge in [-0.3, -0.25) is 0 Å². The topological polar surface area (TPSA) is 133 Å². The van der Waals surface area contributed by atoms with Crippen molar-refractivity contribution in [1.82, 2.24) is 9.97 Å². The van der Waals surface area contributed by atoms with Crippen LogP contribution in [0.2, 0.25) is 0 Å². The number of aryl methyl sites for hydroxylation is 1. The second kappa shape index (κ2) is 7.41. The smallest absolute Gasteiger partial charge is 0.221 e. The first-order valence-corrected chi connectivity index (χ1v) is 8.61. The van der Waals surface area contributed by atoms with Crippen LogP contribution in [0.15, 0.2) is 36.5 Å². The van der Waals surface area contributed by atoms with E-state index in [9.17, 15) is 5.11 Å². The molecule has 0 radical (unpaired) electrons. The van der Waals surface area contributed by atoms with E-state index in [4.69, 9.17) is 21.9 Å². The number of hydrogen-bond donors (Lipinski definition) is 4. The lowest BCUT2D eigenvalue weighted by molar-refractivity contribution is 0.339. The van der Waals surface area contributed by atoms with E-state index in [0.29, 0.717) is 35.5 Å². The number of benzene rings is 2. The van der Waals surface area contributed by atoms with Crippen molar-refractivity contribution in [2.24, 2.45) is 0 Å². The van der Waals surface area contributed by atoms with Crippen LogP contribution in [0.25, 0.3) is 11.1 Å². The van der Waals surface area contributed by atoms with E-state index < -0.39 is 0 Å². The van der Waals surface area contributed by atoms with Crippen LogP contribution in [0.4, 0.5) is 17.5 Å². The number of anilines is 3. The number of phenolic OH excluding ortho intramolecular Hbond substituents is 1. The predicted octanol–water partition coefficient (Wildman–Crippen LogP) is 2.89. The van der Waals surface area contributed by atoms with Crippen LogP contribution in [0.5, 0.6) is 11.5 Å². The second-order valence-corrected chi connectivity index (χ2v) is 6.29. The highest BCUT2D eigenvalue weighted by Gasteiger charge is 2.19. The Morgan fingerprint density at radius 2 is 1.89 bits per heavy atom. The van der Waals surface area contributed by atoms with Gasteiger partial charge in [-0.05, 0) is 31.0 Å². The summed E-state index contributed by atoms with van der Waals surface area (Å²) in [5, 5.41) is 10.8. The largest absolute Gasteiger partial charge is 0.505 e. The predicted molar refractivity (Wildman–Crippen MR) is 108 cm³/mol. The summed E-state index contributed by atoms with van der Waals surface area (Å²) in [4.78, 5) is 7.94. The van der Waals surface area contributed by atoms with Gasteiger partial charge in [0.05, 0.1) is 17.9 Å². The fraction of sp³-hybridized carbons (Fsp3) is 0.200. The average Bonchev–Trinajstić information content (AvgIpc) is 2.62. The third kappa shape index (κ3) is 3.72. The van der Waals surface area contributed by atoms with Crippen LogP contribution >= 0.6 is 0 Å². The third-order valence-corrected chi connectivity index (χ3v) is 4.29. The molecule has 0 spiro atoms. The molecule has 1 heterocycles. The lowest BCUT2D eigenvalue weighted by Crippen LogP contribution is -2.06. The monoisotopic (exact) mass is 365 g/mol. The zero-order valence-electron chi connectivity index (χ0n) is 15.4. The van der Waals surface area contributed by atoms with Gasteiger partial charge in [0.1, 0.15) is 17.3 Å². The Kier molecular flexibility index (Phi) is 5.03. The van der Waals surface area contributed by atoms with Crippen molar-refractivity contribution in [3.8, 4) is 22.6 Å². The molecule has 1 aromatic heterocycles. The first-order valence-electron chi connectivity index (χ1n) is 8.61. The lowest BCUT2D eigenvalue weighted by Gasteiger charge is -2.18. The van der Waals surface area contributed by atoms with E-state index in [0.717, 1.165) is 11.1 Å². The molecule has 0 aliphatic heterocycles. The standard InChI is InChI=1S/C20H23N5O2/c1-3-27-15-9-13(8-14-10-24-20(23)25-19(14)22)17(21)18(26)16(15)12-6-4-5-11(2)7-12/h4-7,9-10,26H,3,8,21H2,1-2H3,(H4,22,23,24,25). The fourth-order valence-electron chi connectivity index (χ4n) is 2.98.